The van der Waals surface area contributed by atoms with Crippen LogP contribution in [0.3, 0.4) is 0 Å². The van der Waals surface area contributed by atoms with E-state index in [-0.39, 0.29) is 23.1 Å². The molecule has 138 valence electrons. The van der Waals surface area contributed by atoms with Gasteiger partial charge in [-0.1, -0.05) is 17.7 Å². The number of ether oxygens (including phenoxy) is 1. The number of carbonyl (C=O) groups is 3. The molecule has 1 N–H and O–H groups in total. The van der Waals surface area contributed by atoms with E-state index < -0.39 is 11.8 Å². The summed E-state index contributed by atoms with van der Waals surface area (Å²) in [6.07, 6.45) is 1.95. The Hall–Kier alpha value is -2.70. The maximum Gasteiger partial charge on any atom is 0.266 e. The molecule has 1 fully saturated rings. The Morgan fingerprint density at radius 3 is 2.70 bits per heavy atom. The molecule has 0 bridgehead atoms. The van der Waals surface area contributed by atoms with Gasteiger partial charge in [0.05, 0.1) is 22.9 Å². The number of anilines is 1. The van der Waals surface area contributed by atoms with E-state index in [4.69, 9.17) is 16.3 Å². The highest BCUT2D eigenvalue weighted by Crippen LogP contribution is 2.30. The van der Waals surface area contributed by atoms with Crippen molar-refractivity contribution >= 4 is 35.0 Å². The Morgan fingerprint density at radius 1 is 1.15 bits per heavy atom. The normalized spacial score (nSPS) is 18.7. The van der Waals surface area contributed by atoms with Gasteiger partial charge in [-0.3, -0.25) is 14.4 Å². The van der Waals surface area contributed by atoms with E-state index in [2.05, 4.69) is 5.32 Å². The lowest BCUT2D eigenvalue weighted by molar-refractivity contribution is 0.0857. The summed E-state index contributed by atoms with van der Waals surface area (Å²) >= 11 is 5.97. The summed E-state index contributed by atoms with van der Waals surface area (Å²) in [5.41, 5.74) is 1.22. The molecule has 6 nitrogen and oxygen atoms in total. The Morgan fingerprint density at radius 2 is 1.96 bits per heavy atom. The van der Waals surface area contributed by atoms with Gasteiger partial charge in [-0.25, -0.2) is 4.90 Å². The molecule has 0 saturated carbocycles. The van der Waals surface area contributed by atoms with Gasteiger partial charge in [0, 0.05) is 23.7 Å². The number of benzene rings is 2. The fourth-order valence-corrected chi connectivity index (χ4v) is 3.53. The summed E-state index contributed by atoms with van der Waals surface area (Å²) in [6, 6.07) is 11.1. The maximum atomic E-state index is 12.8. The molecule has 2 aromatic rings. The lowest BCUT2D eigenvalue weighted by Crippen LogP contribution is -2.31. The fraction of sp³-hybridized carbons (Fsp3) is 0.250. The lowest BCUT2D eigenvalue weighted by atomic mass is 10.1. The molecule has 1 atom stereocenters. The first-order valence-corrected chi connectivity index (χ1v) is 9.10. The van der Waals surface area contributed by atoms with Crippen LogP contribution in [-0.2, 0) is 4.74 Å². The quantitative estimate of drug-likeness (QED) is 0.822. The van der Waals surface area contributed by atoms with Gasteiger partial charge in [0.2, 0.25) is 0 Å². The minimum Gasteiger partial charge on any atom is -0.376 e. The highest BCUT2D eigenvalue weighted by Gasteiger charge is 2.37. The van der Waals surface area contributed by atoms with E-state index in [9.17, 15) is 14.4 Å². The van der Waals surface area contributed by atoms with Crippen LogP contribution in [0.1, 0.15) is 43.9 Å². The van der Waals surface area contributed by atoms with Gasteiger partial charge in [0.15, 0.2) is 0 Å². The number of imide groups is 1. The molecular formula is C20H17ClN2O4. The molecule has 27 heavy (non-hydrogen) atoms. The van der Waals surface area contributed by atoms with E-state index in [0.29, 0.717) is 22.8 Å². The third kappa shape index (κ3) is 3.34. The third-order valence-electron chi connectivity index (χ3n) is 4.73. The number of fused-ring (bicyclic) bond motifs is 1. The van der Waals surface area contributed by atoms with Gasteiger partial charge < -0.3 is 10.1 Å². The smallest absolute Gasteiger partial charge is 0.266 e. The summed E-state index contributed by atoms with van der Waals surface area (Å²) < 4.78 is 5.49. The number of hydrogen-bond donors (Lipinski definition) is 1. The molecule has 4 rings (SSSR count). The van der Waals surface area contributed by atoms with Gasteiger partial charge in [-0.05, 0) is 49.2 Å². The van der Waals surface area contributed by atoms with Crippen molar-refractivity contribution in [3.63, 3.8) is 0 Å². The first-order valence-electron chi connectivity index (χ1n) is 8.73. The molecule has 2 aliphatic heterocycles. The summed E-state index contributed by atoms with van der Waals surface area (Å²) in [7, 11) is 0. The van der Waals surface area contributed by atoms with Crippen molar-refractivity contribution in [2.24, 2.45) is 0 Å². The molecule has 1 saturated heterocycles. The van der Waals surface area contributed by atoms with E-state index in [1.165, 1.54) is 12.1 Å². The number of nitrogens with one attached hydrogen (secondary N) is 1. The van der Waals surface area contributed by atoms with Gasteiger partial charge in [-0.15, -0.1) is 0 Å². The van der Waals surface area contributed by atoms with Crippen molar-refractivity contribution in [3.05, 3.63) is 64.2 Å². The Balaban J connectivity index is 1.56. The van der Waals surface area contributed by atoms with Crippen LogP contribution in [0.25, 0.3) is 0 Å². The highest BCUT2D eigenvalue weighted by atomic mass is 35.5. The summed E-state index contributed by atoms with van der Waals surface area (Å²) in [5.74, 6) is -1.19. The molecule has 0 radical (unpaired) electrons. The Labute approximate surface area is 161 Å². The first-order chi connectivity index (χ1) is 13.0. The van der Waals surface area contributed by atoms with E-state index in [1.807, 2.05) is 0 Å². The maximum absolute atomic E-state index is 12.8. The van der Waals surface area contributed by atoms with Crippen LogP contribution in [-0.4, -0.2) is 37.0 Å². The van der Waals surface area contributed by atoms with Crippen LogP contribution < -0.4 is 10.2 Å². The zero-order valence-electron chi connectivity index (χ0n) is 14.4. The first kappa shape index (κ1) is 17.7. The van der Waals surface area contributed by atoms with Gasteiger partial charge >= 0.3 is 0 Å². The monoisotopic (exact) mass is 384 g/mol. The van der Waals surface area contributed by atoms with Crippen LogP contribution in [0.2, 0.25) is 5.02 Å². The molecule has 0 aliphatic carbocycles. The second-order valence-corrected chi connectivity index (χ2v) is 6.97. The lowest BCUT2D eigenvalue weighted by Gasteiger charge is -2.13. The number of amides is 3. The SMILES string of the molecule is O=C(NC[C@@H]1CCCO1)c1ccc2c(c1)C(=O)N(c1cccc(Cl)c1)C2=O. The predicted octanol–water partition coefficient (Wildman–Crippen LogP) is 3.05. The van der Waals surface area contributed by atoms with Crippen molar-refractivity contribution in [1.29, 1.82) is 0 Å². The summed E-state index contributed by atoms with van der Waals surface area (Å²) in [6.45, 7) is 1.15. The van der Waals surface area contributed by atoms with Gasteiger partial charge in [-0.2, -0.15) is 0 Å². The fourth-order valence-electron chi connectivity index (χ4n) is 3.35. The van der Waals surface area contributed by atoms with E-state index in [1.54, 1.807) is 30.3 Å². The number of hydrogen-bond acceptors (Lipinski definition) is 4. The average molecular weight is 385 g/mol. The van der Waals surface area contributed by atoms with Crippen LogP contribution in [0, 0.1) is 0 Å². The molecule has 7 heteroatoms. The molecule has 0 aromatic heterocycles. The Kier molecular flexibility index (Phi) is 4.68. The largest absolute Gasteiger partial charge is 0.376 e. The van der Waals surface area contributed by atoms with E-state index >= 15 is 0 Å². The highest BCUT2D eigenvalue weighted by molar-refractivity contribution is 6.35. The summed E-state index contributed by atoms with van der Waals surface area (Å²) in [5, 5.41) is 3.25. The molecule has 3 amide bonds. The molecular weight excluding hydrogens is 368 g/mol. The number of halogens is 1. The Bertz CT molecular complexity index is 937. The standard InChI is InChI=1S/C20H17ClN2O4/c21-13-3-1-4-14(10-13)23-19(25)16-7-6-12(9-17(16)20(23)26)18(24)22-11-15-5-2-8-27-15/h1,3-4,6-7,9-10,15H,2,5,8,11H2,(H,22,24)/t15-/m0/s1. The summed E-state index contributed by atoms with van der Waals surface area (Å²) in [4.78, 5) is 38.9. The minimum atomic E-state index is -0.467. The van der Waals surface area contributed by atoms with Crippen LogP contribution >= 0.6 is 11.6 Å². The second-order valence-electron chi connectivity index (χ2n) is 6.53. The molecule has 2 heterocycles. The van der Waals surface area contributed by atoms with Gasteiger partial charge in [0.1, 0.15) is 0 Å². The van der Waals surface area contributed by atoms with E-state index in [0.717, 1.165) is 24.3 Å². The van der Waals surface area contributed by atoms with Crippen LogP contribution in [0.4, 0.5) is 5.69 Å². The van der Waals surface area contributed by atoms with Crippen molar-refractivity contribution in [3.8, 4) is 0 Å². The molecule has 0 unspecified atom stereocenters. The van der Waals surface area contributed by atoms with Crippen molar-refractivity contribution in [2.45, 2.75) is 18.9 Å². The topological polar surface area (TPSA) is 75.7 Å². The van der Waals surface area contributed by atoms with Gasteiger partial charge in [0.25, 0.3) is 17.7 Å². The predicted molar refractivity (Wildman–Crippen MR) is 100 cm³/mol. The van der Waals surface area contributed by atoms with Crippen molar-refractivity contribution in [2.75, 3.05) is 18.1 Å². The zero-order valence-corrected chi connectivity index (χ0v) is 15.2. The molecule has 2 aliphatic rings. The zero-order chi connectivity index (χ0) is 19.0. The van der Waals surface area contributed by atoms with Crippen LogP contribution in [0.15, 0.2) is 42.5 Å². The molecule has 2 aromatic carbocycles. The third-order valence-corrected chi connectivity index (χ3v) is 4.96. The van der Waals surface area contributed by atoms with Crippen molar-refractivity contribution < 1.29 is 19.1 Å². The average Bonchev–Trinajstić information content (AvgIpc) is 3.27. The minimum absolute atomic E-state index is 0.0323. The number of carbonyl (C=O) groups excluding carboxylic acids is 3. The van der Waals surface area contributed by atoms with Crippen molar-refractivity contribution in [1.82, 2.24) is 5.32 Å². The number of nitrogens with zero attached hydrogens (tertiary/aromatic N) is 1. The van der Waals surface area contributed by atoms with Crippen LogP contribution in [0.5, 0.6) is 0 Å². The second kappa shape index (κ2) is 7.13. The molecule has 0 spiro atoms. The number of rotatable bonds is 4.